The largest absolute Gasteiger partial charge is 0.494 e. The normalized spacial score (nSPS) is 13.7. The van der Waals surface area contributed by atoms with Crippen LogP contribution in [0.5, 0.6) is 11.8 Å². The molecule has 0 bridgehead atoms. The van der Waals surface area contributed by atoms with E-state index in [1.807, 2.05) is 84.9 Å². The zero-order valence-electron chi connectivity index (χ0n) is 21.7. The fraction of sp³-hybridized carbons (Fsp3) is 0. The molecule has 0 saturated carbocycles. The number of nitrogens with zero attached hydrogens (tertiary/aromatic N) is 4. The van der Waals surface area contributed by atoms with Crippen molar-refractivity contribution in [2.24, 2.45) is 20.5 Å². The van der Waals surface area contributed by atoms with E-state index in [0.717, 1.165) is 74.1 Å². The second kappa shape index (κ2) is 10.6. The maximum absolute atomic E-state index is 10.1. The Morgan fingerprint density at radius 1 is 0.595 bits per heavy atom. The molecule has 0 radical (unpaired) electrons. The number of aromatic hydroxyl groups is 2. The second-order valence-electron chi connectivity index (χ2n) is 9.71. The lowest BCUT2D eigenvalue weighted by atomic mass is 10.1. The van der Waals surface area contributed by atoms with Gasteiger partial charge in [-0.3, -0.25) is 0 Å². The SMILES string of the molecule is Oc1[nH]c2ccccc2c1C=c1cc(Br)c2c(c1)N=NC=2.Oc1[nH]c2ccccc2c1C=c1cc(Br)c2c(c1)N=NC=2. The number of H-pyrrole nitrogens is 2. The maximum atomic E-state index is 10.1. The van der Waals surface area contributed by atoms with Crippen molar-refractivity contribution < 1.29 is 10.2 Å². The Morgan fingerprint density at radius 3 is 1.48 bits per heavy atom. The van der Waals surface area contributed by atoms with Gasteiger partial charge < -0.3 is 20.2 Å². The first kappa shape index (κ1) is 26.1. The van der Waals surface area contributed by atoms with Gasteiger partial charge in [0.25, 0.3) is 0 Å². The third-order valence-corrected chi connectivity index (χ3v) is 8.35. The van der Waals surface area contributed by atoms with Crippen LogP contribution in [0, 0.1) is 0 Å². The molecule has 0 saturated heterocycles. The summed E-state index contributed by atoms with van der Waals surface area (Å²) in [4.78, 5) is 5.96. The highest BCUT2D eigenvalue weighted by Crippen LogP contribution is 2.29. The van der Waals surface area contributed by atoms with Gasteiger partial charge in [-0.05, 0) is 59.0 Å². The summed E-state index contributed by atoms with van der Waals surface area (Å²) < 4.78 is 1.88. The smallest absolute Gasteiger partial charge is 0.196 e. The van der Waals surface area contributed by atoms with Gasteiger partial charge in [0.1, 0.15) is 0 Å². The molecule has 0 unspecified atom stereocenters. The highest BCUT2D eigenvalue weighted by molar-refractivity contribution is 9.10. The van der Waals surface area contributed by atoms with E-state index in [-0.39, 0.29) is 11.8 Å². The molecule has 8 rings (SSSR count). The Hall–Kier alpha value is -4.80. The summed E-state index contributed by atoms with van der Waals surface area (Å²) in [6.07, 6.45) is 7.33. The molecule has 0 aliphatic carbocycles. The van der Waals surface area contributed by atoms with E-state index in [9.17, 15) is 10.2 Å². The van der Waals surface area contributed by atoms with Crippen LogP contribution >= 0.6 is 31.9 Å². The average Bonchev–Trinajstić information content (AvgIpc) is 3.76. The van der Waals surface area contributed by atoms with Crippen LogP contribution in [0.15, 0.2) is 102 Å². The van der Waals surface area contributed by atoms with Gasteiger partial charge in [0.05, 0.1) is 23.8 Å². The molecule has 10 heteroatoms. The molecule has 2 aromatic heterocycles. The molecular weight excluding hydrogens is 660 g/mol. The first-order chi connectivity index (χ1) is 20.4. The number of para-hydroxylation sites is 2. The summed E-state index contributed by atoms with van der Waals surface area (Å²) in [7, 11) is 0. The van der Waals surface area contributed by atoms with E-state index >= 15 is 0 Å². The number of halogens is 2. The zero-order chi connectivity index (χ0) is 28.8. The highest BCUT2D eigenvalue weighted by Gasteiger charge is 2.10. The van der Waals surface area contributed by atoms with Gasteiger partial charge >= 0.3 is 0 Å². The van der Waals surface area contributed by atoms with Crippen LogP contribution in [0.25, 0.3) is 46.4 Å². The topological polar surface area (TPSA) is 121 Å². The Labute approximate surface area is 254 Å². The first-order valence-electron chi connectivity index (χ1n) is 12.9. The van der Waals surface area contributed by atoms with E-state index in [4.69, 9.17) is 0 Å². The summed E-state index contributed by atoms with van der Waals surface area (Å²) in [6.45, 7) is 0. The Bertz CT molecular complexity index is 2200. The van der Waals surface area contributed by atoms with Crippen molar-refractivity contribution in [3.05, 3.63) is 114 Å². The summed E-state index contributed by atoms with van der Waals surface area (Å²) in [5.74, 6) is 0.335. The first-order valence-corrected chi connectivity index (χ1v) is 14.5. The van der Waals surface area contributed by atoms with Crippen LogP contribution in [0.1, 0.15) is 11.1 Å². The van der Waals surface area contributed by atoms with Gasteiger partial charge in [0, 0.05) is 52.3 Å². The minimum Gasteiger partial charge on any atom is -0.494 e. The monoisotopic (exact) mass is 678 g/mol. The Morgan fingerprint density at radius 2 is 1.02 bits per heavy atom. The van der Waals surface area contributed by atoms with Crippen molar-refractivity contribution in [1.29, 1.82) is 0 Å². The molecule has 2 aliphatic heterocycles. The molecule has 0 fully saturated rings. The van der Waals surface area contributed by atoms with Crippen molar-refractivity contribution in [1.82, 2.24) is 9.97 Å². The number of azo groups is 2. The second-order valence-corrected chi connectivity index (χ2v) is 11.4. The molecular formula is C32H20Br2N6O2. The predicted molar refractivity (Wildman–Crippen MR) is 172 cm³/mol. The van der Waals surface area contributed by atoms with Crippen molar-refractivity contribution in [3.63, 3.8) is 0 Å². The number of aromatic amines is 2. The molecule has 4 aromatic carbocycles. The van der Waals surface area contributed by atoms with E-state index in [1.165, 1.54) is 0 Å². The minimum atomic E-state index is 0.168. The zero-order valence-corrected chi connectivity index (χ0v) is 24.8. The highest BCUT2D eigenvalue weighted by atomic mass is 79.9. The molecule has 4 N–H and O–H groups in total. The number of aromatic nitrogens is 2. The summed E-state index contributed by atoms with van der Waals surface area (Å²) in [6, 6.07) is 23.5. The molecule has 2 aliphatic rings. The van der Waals surface area contributed by atoms with Crippen molar-refractivity contribution in [2.45, 2.75) is 0 Å². The van der Waals surface area contributed by atoms with Gasteiger partial charge in [0.2, 0.25) is 0 Å². The lowest BCUT2D eigenvalue weighted by molar-refractivity contribution is 0.456. The molecule has 204 valence electrons. The van der Waals surface area contributed by atoms with Crippen LogP contribution in [0.2, 0.25) is 0 Å². The number of nitrogens with one attached hydrogen (secondary N) is 2. The Kier molecular flexibility index (Phi) is 6.56. The standard InChI is InChI=1S/2C16H10BrN3O/c2*17-13-6-9(7-15-12(13)8-18-20-15)5-11-10-3-1-2-4-14(10)19-16(11)21/h2*1-8,19,21H. The van der Waals surface area contributed by atoms with Crippen LogP contribution in [-0.4, -0.2) is 20.2 Å². The minimum absolute atomic E-state index is 0.168. The van der Waals surface area contributed by atoms with Crippen molar-refractivity contribution in [3.8, 4) is 11.8 Å². The third kappa shape index (κ3) is 4.74. The van der Waals surface area contributed by atoms with E-state index in [0.29, 0.717) is 0 Å². The van der Waals surface area contributed by atoms with Crippen LogP contribution in [0.3, 0.4) is 0 Å². The lowest BCUT2D eigenvalue weighted by Gasteiger charge is -1.96. The molecule has 0 atom stereocenters. The predicted octanol–water partition coefficient (Wildman–Crippen LogP) is 6.60. The number of hydrogen-bond acceptors (Lipinski definition) is 6. The molecule has 42 heavy (non-hydrogen) atoms. The van der Waals surface area contributed by atoms with Gasteiger partial charge in [0.15, 0.2) is 11.8 Å². The number of rotatable bonds is 2. The third-order valence-electron chi connectivity index (χ3n) is 7.04. The van der Waals surface area contributed by atoms with Crippen LogP contribution in [-0.2, 0) is 0 Å². The summed E-state index contributed by atoms with van der Waals surface area (Å²) >= 11 is 7.06. The number of fused-ring (bicyclic) bond motifs is 4. The quantitative estimate of drug-likeness (QED) is 0.165. The summed E-state index contributed by atoms with van der Waals surface area (Å²) in [5.41, 5.74) is 5.03. The van der Waals surface area contributed by atoms with Crippen molar-refractivity contribution in [2.75, 3.05) is 0 Å². The van der Waals surface area contributed by atoms with Crippen molar-refractivity contribution >= 4 is 89.6 Å². The Balaban J connectivity index is 0.000000137. The number of benzene rings is 4. The van der Waals surface area contributed by atoms with E-state index < -0.39 is 0 Å². The average molecular weight is 680 g/mol. The number of hydrogen-bond donors (Lipinski definition) is 4. The molecule has 0 spiro atoms. The molecule has 4 heterocycles. The molecule has 6 aromatic rings. The molecule has 8 nitrogen and oxygen atoms in total. The fourth-order valence-electron chi connectivity index (χ4n) is 5.06. The van der Waals surface area contributed by atoms with E-state index in [1.54, 1.807) is 12.4 Å². The van der Waals surface area contributed by atoms with Gasteiger partial charge in [-0.1, -0.05) is 68.3 Å². The van der Waals surface area contributed by atoms with E-state index in [2.05, 4.69) is 62.3 Å². The van der Waals surface area contributed by atoms with Gasteiger partial charge in [-0.25, -0.2) is 0 Å². The lowest BCUT2D eigenvalue weighted by Crippen LogP contribution is -2.09. The van der Waals surface area contributed by atoms with Gasteiger partial charge in [-0.15, -0.1) is 0 Å². The molecule has 0 amide bonds. The van der Waals surface area contributed by atoms with Crippen LogP contribution < -0.4 is 20.9 Å². The van der Waals surface area contributed by atoms with Gasteiger partial charge in [-0.2, -0.15) is 20.5 Å². The van der Waals surface area contributed by atoms with Crippen LogP contribution in [0.4, 0.5) is 11.4 Å². The fourth-order valence-corrected chi connectivity index (χ4v) is 6.20. The maximum Gasteiger partial charge on any atom is 0.196 e. The summed E-state index contributed by atoms with van der Waals surface area (Å²) in [5, 5.41) is 42.1.